The Labute approximate surface area is 167 Å². The average Bonchev–Trinajstić information content (AvgIpc) is 2.64. The number of nitrogens with two attached hydrogens (primary N) is 1. The van der Waals surface area contributed by atoms with E-state index in [-0.39, 0.29) is 41.6 Å². The van der Waals surface area contributed by atoms with Crippen LogP contribution in [-0.4, -0.2) is 25.2 Å². The molecular formula is C20H19ClN2O5. The smallest absolute Gasteiger partial charge is 0.338 e. The molecule has 8 heteroatoms. The van der Waals surface area contributed by atoms with Gasteiger partial charge in [-0.3, -0.25) is 0 Å². The van der Waals surface area contributed by atoms with Gasteiger partial charge in [-0.25, -0.2) is 9.59 Å². The maximum Gasteiger partial charge on any atom is 0.338 e. The van der Waals surface area contributed by atoms with Gasteiger partial charge < -0.3 is 19.9 Å². The number of carbonyl (C=O) groups is 2. The van der Waals surface area contributed by atoms with E-state index in [2.05, 4.69) is 6.58 Å². The Hall–Kier alpha value is -3.24. The van der Waals surface area contributed by atoms with Crippen LogP contribution >= 0.6 is 11.6 Å². The molecule has 0 aromatic heterocycles. The molecule has 2 rings (SSSR count). The van der Waals surface area contributed by atoms with Gasteiger partial charge in [0.1, 0.15) is 30.6 Å². The van der Waals surface area contributed by atoms with Crippen LogP contribution in [0.15, 0.2) is 59.2 Å². The van der Waals surface area contributed by atoms with Crippen molar-refractivity contribution in [2.24, 2.45) is 5.73 Å². The normalized spacial score (nSPS) is 16.1. The number of hydrogen-bond acceptors (Lipinski definition) is 7. The Morgan fingerprint density at radius 1 is 1.29 bits per heavy atom. The van der Waals surface area contributed by atoms with Crippen LogP contribution < -0.4 is 5.73 Å². The number of allylic oxidation sites excluding steroid dienone is 2. The Morgan fingerprint density at radius 2 is 1.89 bits per heavy atom. The lowest BCUT2D eigenvalue weighted by atomic mass is 9.83. The highest BCUT2D eigenvalue weighted by Crippen LogP contribution is 2.39. The predicted molar refractivity (Wildman–Crippen MR) is 102 cm³/mol. The lowest BCUT2D eigenvalue weighted by Gasteiger charge is -2.26. The van der Waals surface area contributed by atoms with E-state index < -0.39 is 17.9 Å². The molecule has 1 atom stereocenters. The summed E-state index contributed by atoms with van der Waals surface area (Å²) in [5.41, 5.74) is 6.94. The van der Waals surface area contributed by atoms with Gasteiger partial charge in [-0.2, -0.15) is 5.26 Å². The first-order valence-electron chi connectivity index (χ1n) is 8.29. The third-order valence-electron chi connectivity index (χ3n) is 3.93. The Kier molecular flexibility index (Phi) is 6.85. The fraction of sp³-hybridized carbons (Fsp3) is 0.250. The molecule has 0 radical (unpaired) electrons. The number of benzene rings is 1. The van der Waals surface area contributed by atoms with Crippen LogP contribution in [0.2, 0.25) is 5.02 Å². The first-order valence-corrected chi connectivity index (χ1v) is 8.67. The molecule has 7 nitrogen and oxygen atoms in total. The average molecular weight is 403 g/mol. The largest absolute Gasteiger partial charge is 0.459 e. The zero-order chi connectivity index (χ0) is 20.8. The minimum absolute atomic E-state index is 0.0770. The standard InChI is InChI=1S/C20H19ClN2O5/c1-11(2)19(24)26-8-9-27-20(25)16-12(3)28-18(23)15(10-22)17(16)13-4-6-14(21)7-5-13/h4-7,17H,1,8-9,23H2,2-3H3/t17-/m1/s1. The van der Waals surface area contributed by atoms with Crippen molar-refractivity contribution >= 4 is 23.5 Å². The topological polar surface area (TPSA) is 112 Å². The van der Waals surface area contributed by atoms with Gasteiger partial charge in [0.25, 0.3) is 0 Å². The van der Waals surface area contributed by atoms with Crippen LogP contribution in [0, 0.1) is 11.3 Å². The van der Waals surface area contributed by atoms with E-state index in [0.29, 0.717) is 10.6 Å². The molecule has 0 bridgehead atoms. The van der Waals surface area contributed by atoms with E-state index in [0.717, 1.165) is 0 Å². The van der Waals surface area contributed by atoms with Crippen molar-refractivity contribution in [3.05, 3.63) is 69.8 Å². The van der Waals surface area contributed by atoms with Crippen molar-refractivity contribution in [3.8, 4) is 6.07 Å². The summed E-state index contributed by atoms with van der Waals surface area (Å²) in [7, 11) is 0. The monoisotopic (exact) mass is 402 g/mol. The first kappa shape index (κ1) is 21.1. The van der Waals surface area contributed by atoms with Crippen molar-refractivity contribution < 1.29 is 23.8 Å². The fourth-order valence-electron chi connectivity index (χ4n) is 2.60. The molecule has 1 aromatic rings. The molecule has 0 spiro atoms. The second kappa shape index (κ2) is 9.11. The zero-order valence-corrected chi connectivity index (χ0v) is 16.2. The molecule has 0 saturated carbocycles. The molecule has 0 saturated heterocycles. The maximum absolute atomic E-state index is 12.7. The molecule has 28 heavy (non-hydrogen) atoms. The van der Waals surface area contributed by atoms with Crippen LogP contribution in [0.1, 0.15) is 25.3 Å². The minimum Gasteiger partial charge on any atom is -0.459 e. The van der Waals surface area contributed by atoms with Gasteiger partial charge >= 0.3 is 11.9 Å². The van der Waals surface area contributed by atoms with Gasteiger partial charge in [-0.05, 0) is 31.5 Å². The second-order valence-electron chi connectivity index (χ2n) is 6.00. The van der Waals surface area contributed by atoms with Gasteiger partial charge in [0.2, 0.25) is 5.88 Å². The van der Waals surface area contributed by atoms with Gasteiger partial charge in [0.05, 0.1) is 11.5 Å². The van der Waals surface area contributed by atoms with Gasteiger partial charge in [0.15, 0.2) is 0 Å². The zero-order valence-electron chi connectivity index (χ0n) is 15.5. The van der Waals surface area contributed by atoms with Crippen LogP contribution in [0.25, 0.3) is 0 Å². The molecule has 146 valence electrons. The molecule has 0 fully saturated rings. The van der Waals surface area contributed by atoms with Crippen LogP contribution in [-0.2, 0) is 23.8 Å². The molecule has 1 heterocycles. The van der Waals surface area contributed by atoms with Gasteiger partial charge in [-0.15, -0.1) is 0 Å². The highest BCUT2D eigenvalue weighted by atomic mass is 35.5. The summed E-state index contributed by atoms with van der Waals surface area (Å²) in [5.74, 6) is -1.90. The molecule has 0 aliphatic carbocycles. The van der Waals surface area contributed by atoms with E-state index in [1.807, 2.05) is 6.07 Å². The minimum atomic E-state index is -0.763. The van der Waals surface area contributed by atoms with E-state index >= 15 is 0 Å². The van der Waals surface area contributed by atoms with Crippen molar-refractivity contribution in [1.29, 1.82) is 5.26 Å². The van der Waals surface area contributed by atoms with E-state index in [1.165, 1.54) is 6.92 Å². The third kappa shape index (κ3) is 4.72. The SMILES string of the molecule is C=C(C)C(=O)OCCOC(=O)C1=C(C)OC(N)=C(C#N)[C@H]1c1ccc(Cl)cc1. The first-order chi connectivity index (χ1) is 13.3. The summed E-state index contributed by atoms with van der Waals surface area (Å²) in [4.78, 5) is 24.1. The van der Waals surface area contributed by atoms with Crippen molar-refractivity contribution in [2.75, 3.05) is 13.2 Å². The Balaban J connectivity index is 2.24. The summed E-state index contributed by atoms with van der Waals surface area (Å²) >= 11 is 5.93. The second-order valence-corrected chi connectivity index (χ2v) is 6.43. The number of rotatable bonds is 6. The van der Waals surface area contributed by atoms with Crippen molar-refractivity contribution in [3.63, 3.8) is 0 Å². The lowest BCUT2D eigenvalue weighted by Crippen LogP contribution is -2.26. The summed E-state index contributed by atoms with van der Waals surface area (Å²) in [6.07, 6.45) is 0. The summed E-state index contributed by atoms with van der Waals surface area (Å²) in [6.45, 7) is 6.24. The van der Waals surface area contributed by atoms with Crippen LogP contribution in [0.3, 0.4) is 0 Å². The quantitative estimate of drug-likeness (QED) is 0.442. The number of nitrogens with zero attached hydrogens (tertiary/aromatic N) is 1. The predicted octanol–water partition coefficient (Wildman–Crippen LogP) is 3.08. The number of esters is 2. The van der Waals surface area contributed by atoms with Gasteiger partial charge in [0, 0.05) is 10.6 Å². The van der Waals surface area contributed by atoms with Crippen LogP contribution in [0.5, 0.6) is 0 Å². The number of carbonyl (C=O) groups excluding carboxylic acids is 2. The number of ether oxygens (including phenoxy) is 3. The molecule has 2 N–H and O–H groups in total. The van der Waals surface area contributed by atoms with E-state index in [1.54, 1.807) is 31.2 Å². The molecule has 1 aliphatic rings. The highest BCUT2D eigenvalue weighted by molar-refractivity contribution is 6.30. The van der Waals surface area contributed by atoms with E-state index in [4.69, 9.17) is 31.5 Å². The third-order valence-corrected chi connectivity index (χ3v) is 4.18. The lowest BCUT2D eigenvalue weighted by molar-refractivity contribution is -0.147. The van der Waals surface area contributed by atoms with E-state index in [9.17, 15) is 14.9 Å². The number of halogens is 1. The fourth-order valence-corrected chi connectivity index (χ4v) is 2.73. The van der Waals surface area contributed by atoms with Gasteiger partial charge in [-0.1, -0.05) is 30.3 Å². The molecule has 0 amide bonds. The Morgan fingerprint density at radius 3 is 2.46 bits per heavy atom. The Bertz CT molecular complexity index is 910. The highest BCUT2D eigenvalue weighted by Gasteiger charge is 2.36. The van der Waals surface area contributed by atoms with Crippen molar-refractivity contribution in [1.82, 2.24) is 0 Å². The molecular weight excluding hydrogens is 384 g/mol. The summed E-state index contributed by atoms with van der Waals surface area (Å²) in [5, 5.41) is 10.0. The number of hydrogen-bond donors (Lipinski definition) is 1. The number of nitriles is 1. The molecule has 1 aromatic carbocycles. The summed E-state index contributed by atoms with van der Waals surface area (Å²) in [6, 6.07) is 8.67. The van der Waals surface area contributed by atoms with Crippen molar-refractivity contribution in [2.45, 2.75) is 19.8 Å². The molecule has 0 unspecified atom stereocenters. The van der Waals surface area contributed by atoms with Crippen LogP contribution in [0.4, 0.5) is 0 Å². The molecule has 1 aliphatic heterocycles. The summed E-state index contributed by atoms with van der Waals surface area (Å²) < 4.78 is 15.5. The maximum atomic E-state index is 12.7.